The first-order valence-corrected chi connectivity index (χ1v) is 4.91. The Labute approximate surface area is 88.2 Å². The van der Waals surface area contributed by atoms with Gasteiger partial charge in [-0.1, -0.05) is 6.07 Å². The minimum absolute atomic E-state index is 0.0186. The SMILES string of the molecule is OCc1nccn1CCc1ccccn1. The van der Waals surface area contributed by atoms with Crippen LogP contribution in [0.5, 0.6) is 0 Å². The van der Waals surface area contributed by atoms with E-state index in [1.54, 1.807) is 12.4 Å². The van der Waals surface area contributed by atoms with Crippen LogP contribution >= 0.6 is 0 Å². The molecule has 0 unspecified atom stereocenters. The first kappa shape index (κ1) is 9.86. The van der Waals surface area contributed by atoms with Crippen LogP contribution in [0.25, 0.3) is 0 Å². The maximum Gasteiger partial charge on any atom is 0.134 e. The molecule has 2 heterocycles. The molecule has 0 spiro atoms. The lowest BCUT2D eigenvalue weighted by atomic mass is 10.3. The zero-order chi connectivity index (χ0) is 10.5. The fourth-order valence-electron chi connectivity index (χ4n) is 1.48. The van der Waals surface area contributed by atoms with Crippen molar-refractivity contribution in [2.45, 2.75) is 19.6 Å². The van der Waals surface area contributed by atoms with Gasteiger partial charge < -0.3 is 9.67 Å². The number of aromatic nitrogens is 3. The first-order valence-electron chi connectivity index (χ1n) is 4.91. The van der Waals surface area contributed by atoms with E-state index in [9.17, 15) is 0 Å². The number of aryl methyl sites for hydroxylation is 2. The van der Waals surface area contributed by atoms with Crippen LogP contribution in [-0.4, -0.2) is 19.6 Å². The van der Waals surface area contributed by atoms with E-state index in [1.807, 2.05) is 29.0 Å². The Kier molecular flexibility index (Phi) is 3.09. The van der Waals surface area contributed by atoms with E-state index in [0.717, 1.165) is 18.7 Å². The average molecular weight is 203 g/mol. The minimum Gasteiger partial charge on any atom is -0.388 e. The molecule has 0 saturated carbocycles. The van der Waals surface area contributed by atoms with Gasteiger partial charge in [0.05, 0.1) is 0 Å². The zero-order valence-electron chi connectivity index (χ0n) is 8.37. The number of hydrogen-bond acceptors (Lipinski definition) is 3. The average Bonchev–Trinajstić information content (AvgIpc) is 2.75. The van der Waals surface area contributed by atoms with Crippen LogP contribution in [0.3, 0.4) is 0 Å². The highest BCUT2D eigenvalue weighted by atomic mass is 16.3. The van der Waals surface area contributed by atoms with Gasteiger partial charge in [-0.15, -0.1) is 0 Å². The smallest absolute Gasteiger partial charge is 0.134 e. The van der Waals surface area contributed by atoms with Crippen LogP contribution in [-0.2, 0) is 19.6 Å². The largest absolute Gasteiger partial charge is 0.388 e. The number of aliphatic hydroxyl groups excluding tert-OH is 1. The molecule has 2 rings (SSSR count). The third-order valence-electron chi connectivity index (χ3n) is 2.28. The number of imidazole rings is 1. The third kappa shape index (κ3) is 2.41. The summed E-state index contributed by atoms with van der Waals surface area (Å²) in [5.41, 5.74) is 1.05. The summed E-state index contributed by atoms with van der Waals surface area (Å²) in [7, 11) is 0. The van der Waals surface area contributed by atoms with E-state index in [0.29, 0.717) is 5.82 Å². The summed E-state index contributed by atoms with van der Waals surface area (Å²) in [6.07, 6.45) is 6.21. The second kappa shape index (κ2) is 4.70. The number of rotatable bonds is 4. The van der Waals surface area contributed by atoms with Gasteiger partial charge >= 0.3 is 0 Å². The van der Waals surface area contributed by atoms with Crippen molar-refractivity contribution in [1.29, 1.82) is 0 Å². The Morgan fingerprint density at radius 1 is 1.20 bits per heavy atom. The molecule has 4 heteroatoms. The summed E-state index contributed by atoms with van der Waals surface area (Å²) in [6, 6.07) is 5.87. The molecule has 0 aliphatic heterocycles. The van der Waals surface area contributed by atoms with Crippen molar-refractivity contribution in [3.63, 3.8) is 0 Å². The molecule has 1 N–H and O–H groups in total. The first-order chi connectivity index (χ1) is 7.40. The monoisotopic (exact) mass is 203 g/mol. The van der Waals surface area contributed by atoms with Gasteiger partial charge in [-0.3, -0.25) is 4.98 Å². The number of nitrogens with zero attached hydrogens (tertiary/aromatic N) is 3. The summed E-state index contributed by atoms with van der Waals surface area (Å²) >= 11 is 0. The highest BCUT2D eigenvalue weighted by molar-refractivity contribution is 5.04. The molecule has 4 nitrogen and oxygen atoms in total. The fourth-order valence-corrected chi connectivity index (χ4v) is 1.48. The Morgan fingerprint density at radius 3 is 2.87 bits per heavy atom. The summed E-state index contributed by atoms with van der Waals surface area (Å²) in [5, 5.41) is 9.01. The highest BCUT2D eigenvalue weighted by Crippen LogP contribution is 2.01. The molecule has 78 valence electrons. The van der Waals surface area contributed by atoms with Crippen molar-refractivity contribution in [3.8, 4) is 0 Å². The zero-order valence-corrected chi connectivity index (χ0v) is 8.37. The Hall–Kier alpha value is -1.68. The molecule has 2 aromatic rings. The van der Waals surface area contributed by atoms with E-state index in [2.05, 4.69) is 9.97 Å². The second-order valence-corrected chi connectivity index (χ2v) is 3.27. The Bertz CT molecular complexity index is 411. The van der Waals surface area contributed by atoms with E-state index in [4.69, 9.17) is 5.11 Å². The van der Waals surface area contributed by atoms with Crippen LogP contribution in [0.15, 0.2) is 36.8 Å². The van der Waals surface area contributed by atoms with Crippen LogP contribution < -0.4 is 0 Å². The van der Waals surface area contributed by atoms with Crippen molar-refractivity contribution in [2.75, 3.05) is 0 Å². The molecule has 0 atom stereocenters. The van der Waals surface area contributed by atoms with Gasteiger partial charge in [0.25, 0.3) is 0 Å². The predicted octanol–water partition coefficient (Wildman–Crippen LogP) is 1.01. The standard InChI is InChI=1S/C11H13N3O/c15-9-11-13-6-8-14(11)7-4-10-3-1-2-5-12-10/h1-3,5-6,8,15H,4,7,9H2. The van der Waals surface area contributed by atoms with Gasteiger partial charge in [-0.25, -0.2) is 4.98 Å². The number of aliphatic hydroxyl groups is 1. The lowest BCUT2D eigenvalue weighted by molar-refractivity contribution is 0.265. The maximum absolute atomic E-state index is 9.01. The molecular weight excluding hydrogens is 190 g/mol. The molecule has 0 aliphatic rings. The van der Waals surface area contributed by atoms with Gasteiger partial charge in [0.1, 0.15) is 12.4 Å². The van der Waals surface area contributed by atoms with Gasteiger partial charge in [-0.05, 0) is 12.1 Å². The molecule has 0 fully saturated rings. The molecule has 15 heavy (non-hydrogen) atoms. The molecular formula is C11H13N3O. The summed E-state index contributed by atoms with van der Waals surface area (Å²) in [6.45, 7) is 0.780. The van der Waals surface area contributed by atoms with Gasteiger partial charge in [0.15, 0.2) is 0 Å². The molecule has 0 bridgehead atoms. The van der Waals surface area contributed by atoms with E-state index < -0.39 is 0 Å². The van der Waals surface area contributed by atoms with Crippen LogP contribution in [0.4, 0.5) is 0 Å². The molecule has 2 aromatic heterocycles. The van der Waals surface area contributed by atoms with Crippen molar-refractivity contribution < 1.29 is 5.11 Å². The van der Waals surface area contributed by atoms with Crippen molar-refractivity contribution >= 4 is 0 Å². The molecule has 0 saturated heterocycles. The maximum atomic E-state index is 9.01. The van der Waals surface area contributed by atoms with Crippen molar-refractivity contribution in [1.82, 2.24) is 14.5 Å². The van der Waals surface area contributed by atoms with Crippen LogP contribution in [0.2, 0.25) is 0 Å². The molecule has 0 aliphatic carbocycles. The number of hydrogen-bond donors (Lipinski definition) is 1. The molecule has 0 radical (unpaired) electrons. The highest BCUT2D eigenvalue weighted by Gasteiger charge is 2.01. The van der Waals surface area contributed by atoms with E-state index in [-0.39, 0.29) is 6.61 Å². The van der Waals surface area contributed by atoms with Crippen LogP contribution in [0.1, 0.15) is 11.5 Å². The third-order valence-corrected chi connectivity index (χ3v) is 2.28. The topological polar surface area (TPSA) is 50.9 Å². The second-order valence-electron chi connectivity index (χ2n) is 3.27. The fraction of sp³-hybridized carbons (Fsp3) is 0.273. The van der Waals surface area contributed by atoms with E-state index in [1.165, 1.54) is 0 Å². The van der Waals surface area contributed by atoms with Gasteiger partial charge in [-0.2, -0.15) is 0 Å². The summed E-state index contributed by atoms with van der Waals surface area (Å²) in [4.78, 5) is 8.28. The number of pyridine rings is 1. The van der Waals surface area contributed by atoms with Gasteiger partial charge in [0.2, 0.25) is 0 Å². The predicted molar refractivity (Wildman–Crippen MR) is 56.1 cm³/mol. The van der Waals surface area contributed by atoms with Crippen molar-refractivity contribution in [2.24, 2.45) is 0 Å². The normalized spacial score (nSPS) is 10.5. The summed E-state index contributed by atoms with van der Waals surface area (Å²) < 4.78 is 1.94. The van der Waals surface area contributed by atoms with Crippen molar-refractivity contribution in [3.05, 3.63) is 48.3 Å². The van der Waals surface area contributed by atoms with Gasteiger partial charge in [0, 0.05) is 37.3 Å². The Morgan fingerprint density at radius 2 is 2.13 bits per heavy atom. The molecule has 0 aromatic carbocycles. The molecule has 0 amide bonds. The Balaban J connectivity index is 1.99. The lowest BCUT2D eigenvalue weighted by Crippen LogP contribution is -2.06. The van der Waals surface area contributed by atoms with Crippen LogP contribution in [0, 0.1) is 0 Å². The quantitative estimate of drug-likeness (QED) is 0.807. The summed E-state index contributed by atoms with van der Waals surface area (Å²) in [5.74, 6) is 0.700. The minimum atomic E-state index is -0.0186. The van der Waals surface area contributed by atoms with E-state index >= 15 is 0 Å². The lowest BCUT2D eigenvalue weighted by Gasteiger charge is -2.05.